The molecular weight excluding hydrogens is 761 g/mol. The lowest BCUT2D eigenvalue weighted by atomic mass is 9.79. The third kappa shape index (κ3) is 25.7. The van der Waals surface area contributed by atoms with Gasteiger partial charge in [0.25, 0.3) is 0 Å². The second-order valence-electron chi connectivity index (χ2n) is 19.6. The fourth-order valence-corrected chi connectivity index (χ4v) is 8.87. The monoisotopic (exact) mass is 889 g/mol. The molecule has 0 amide bonds. The van der Waals surface area contributed by atoms with Gasteiger partial charge in [0.15, 0.2) is 0 Å². The van der Waals surface area contributed by atoms with Crippen LogP contribution >= 0.6 is 0 Å². The normalized spacial score (nSPS) is 12.5. The molecule has 384 valence electrons. The van der Waals surface area contributed by atoms with E-state index in [1.165, 1.54) is 116 Å². The van der Waals surface area contributed by atoms with Gasteiger partial charge < -0.3 is 19.3 Å². The van der Waals surface area contributed by atoms with Crippen molar-refractivity contribution < 1.29 is 19.3 Å². The van der Waals surface area contributed by atoms with Crippen LogP contribution in [0.2, 0.25) is 0 Å². The first-order chi connectivity index (χ1) is 28.5. The highest BCUT2D eigenvalue weighted by Crippen LogP contribution is 2.37. The maximum Gasteiger partial charge on any atom is 0.0522 e. The van der Waals surface area contributed by atoms with E-state index in [1.807, 2.05) is 0 Å². The molecular formula is C58H128O4. The van der Waals surface area contributed by atoms with Crippen LogP contribution in [-0.4, -0.2) is 51.4 Å². The third-order valence-electron chi connectivity index (χ3n) is 18.5. The van der Waals surface area contributed by atoms with Crippen molar-refractivity contribution >= 4 is 0 Å². The molecule has 0 rings (SSSR count). The maximum absolute atomic E-state index is 8.98. The molecule has 0 fully saturated rings. The van der Waals surface area contributed by atoms with Gasteiger partial charge >= 0.3 is 0 Å². The summed E-state index contributed by atoms with van der Waals surface area (Å²) in [7, 11) is 0. The van der Waals surface area contributed by atoms with Crippen LogP contribution in [0.3, 0.4) is 0 Å². The van der Waals surface area contributed by atoms with Crippen molar-refractivity contribution in [3.63, 3.8) is 0 Å². The second-order valence-corrected chi connectivity index (χ2v) is 19.6. The van der Waals surface area contributed by atoms with Crippen molar-refractivity contribution in [2.24, 2.45) is 37.9 Å². The average Bonchev–Trinajstić information content (AvgIpc) is 3.32. The number of hydrogen-bond acceptors (Lipinski definition) is 4. The molecule has 0 unspecified atom stereocenters. The van der Waals surface area contributed by atoms with Gasteiger partial charge in [-0.25, -0.2) is 0 Å². The summed E-state index contributed by atoms with van der Waals surface area (Å²) < 4.78 is 18.3. The topological polar surface area (TPSA) is 47.9 Å². The number of aliphatic hydroxyl groups is 1. The van der Waals surface area contributed by atoms with E-state index >= 15 is 0 Å². The van der Waals surface area contributed by atoms with E-state index in [1.54, 1.807) is 0 Å². The summed E-state index contributed by atoms with van der Waals surface area (Å²) in [5, 5.41) is 8.98. The summed E-state index contributed by atoms with van der Waals surface area (Å²) >= 11 is 0. The number of rotatable bonds is 34. The summed E-state index contributed by atoms with van der Waals surface area (Å²) in [5.74, 6) is 0. The minimum atomic E-state index is 0. The number of ether oxygens (including phenoxy) is 3. The zero-order valence-electron chi connectivity index (χ0n) is 46.0. The van der Waals surface area contributed by atoms with Crippen LogP contribution in [-0.2, 0) is 14.2 Å². The maximum atomic E-state index is 8.98. The van der Waals surface area contributed by atoms with Crippen molar-refractivity contribution in [2.75, 3.05) is 46.2 Å². The molecule has 0 aromatic rings. The first kappa shape index (κ1) is 73.4. The van der Waals surface area contributed by atoms with Gasteiger partial charge in [0, 0.05) is 6.61 Å². The summed E-state index contributed by atoms with van der Waals surface area (Å²) in [6.45, 7) is 53.7. The van der Waals surface area contributed by atoms with Crippen LogP contribution in [0.25, 0.3) is 0 Å². The van der Waals surface area contributed by atoms with Gasteiger partial charge in [0.05, 0.1) is 39.6 Å². The molecule has 0 heterocycles. The van der Waals surface area contributed by atoms with Gasteiger partial charge in [-0.2, -0.15) is 0 Å². The lowest BCUT2D eigenvalue weighted by Gasteiger charge is -2.34. The zero-order chi connectivity index (χ0) is 47.4. The van der Waals surface area contributed by atoms with E-state index in [-0.39, 0.29) is 20.3 Å². The third-order valence-corrected chi connectivity index (χ3v) is 18.5. The molecule has 0 saturated carbocycles. The molecule has 0 spiro atoms. The first-order valence-corrected chi connectivity index (χ1v) is 26.8. The quantitative estimate of drug-likeness (QED) is 0.0699. The largest absolute Gasteiger partial charge is 0.396 e. The van der Waals surface area contributed by atoms with Crippen LogP contribution in [0, 0.1) is 37.9 Å². The van der Waals surface area contributed by atoms with E-state index in [0.717, 1.165) is 58.9 Å². The van der Waals surface area contributed by atoms with E-state index in [9.17, 15) is 0 Å². The Morgan fingerprint density at radius 3 is 0.355 bits per heavy atom. The van der Waals surface area contributed by atoms with Gasteiger partial charge in [-0.3, -0.25) is 0 Å². The lowest BCUT2D eigenvalue weighted by Crippen LogP contribution is -2.30. The predicted molar refractivity (Wildman–Crippen MR) is 286 cm³/mol. The Balaban J connectivity index is -0.000000170. The fraction of sp³-hybridized carbons (Fsp3) is 1.00. The van der Waals surface area contributed by atoms with E-state index < -0.39 is 0 Å². The minimum absolute atomic E-state index is 0. The van der Waals surface area contributed by atoms with Gasteiger partial charge in [-0.05, 0) is 173 Å². The summed E-state index contributed by atoms with van der Waals surface area (Å²) in [4.78, 5) is 0. The fourth-order valence-electron chi connectivity index (χ4n) is 8.87. The Bertz CT molecular complexity index is 656. The van der Waals surface area contributed by atoms with Gasteiger partial charge in [0.2, 0.25) is 0 Å². The average molecular weight is 890 g/mol. The standard InChI is InChI=1S/3C16H34O.C8H18O.2CH4/c3*1-7-15(8-2,9-3)13-17-14-16(10-4,11-5)12-6;1-4-8(5-2,6-3)7-9;;/h3*7-14H2,1-6H3;9H,4-7H2,1-3H3;2*1H4. The van der Waals surface area contributed by atoms with Crippen LogP contribution in [0.4, 0.5) is 0 Å². The molecule has 62 heavy (non-hydrogen) atoms. The minimum Gasteiger partial charge on any atom is -0.396 e. The van der Waals surface area contributed by atoms with Gasteiger partial charge in [-0.15, -0.1) is 0 Å². The SMILES string of the molecule is C.C.CCC(CC)(CC)CO.CCC(CC)(CC)COCC(CC)(CC)CC.CCC(CC)(CC)COCC(CC)(CC)CC.CCC(CC)(CC)COCC(CC)(CC)CC. The number of aliphatic hydroxyl groups excluding tert-OH is 1. The Hall–Kier alpha value is -0.160. The van der Waals surface area contributed by atoms with Crippen LogP contribution < -0.4 is 0 Å². The molecule has 4 nitrogen and oxygen atoms in total. The molecule has 0 aromatic heterocycles. The molecule has 0 aliphatic heterocycles. The highest BCUT2D eigenvalue weighted by molar-refractivity contribution is 4.81. The molecule has 0 aliphatic rings. The summed E-state index contributed by atoms with van der Waals surface area (Å²) in [6, 6.07) is 0. The Labute approximate surface area is 397 Å². The molecule has 0 aliphatic carbocycles. The molecule has 0 atom stereocenters. The van der Waals surface area contributed by atoms with E-state index in [2.05, 4.69) is 145 Å². The van der Waals surface area contributed by atoms with Gasteiger partial charge in [0.1, 0.15) is 0 Å². The predicted octanol–water partition coefficient (Wildman–Crippen LogP) is 19.8. The first-order valence-electron chi connectivity index (χ1n) is 26.8. The Kier molecular flexibility index (Phi) is 48.6. The van der Waals surface area contributed by atoms with E-state index in [0.29, 0.717) is 39.1 Å². The molecule has 1 N–H and O–H groups in total. The Morgan fingerprint density at radius 1 is 0.210 bits per heavy atom. The zero-order valence-corrected chi connectivity index (χ0v) is 46.0. The highest BCUT2D eigenvalue weighted by Gasteiger charge is 2.31. The Morgan fingerprint density at radius 2 is 0.306 bits per heavy atom. The van der Waals surface area contributed by atoms with E-state index in [4.69, 9.17) is 19.3 Å². The highest BCUT2D eigenvalue weighted by atomic mass is 16.5. The van der Waals surface area contributed by atoms with Crippen molar-refractivity contribution in [3.05, 3.63) is 0 Å². The van der Waals surface area contributed by atoms with Crippen molar-refractivity contribution in [3.8, 4) is 0 Å². The van der Waals surface area contributed by atoms with Crippen LogP contribution in [0.15, 0.2) is 0 Å². The lowest BCUT2D eigenvalue weighted by molar-refractivity contribution is -0.0181. The molecule has 4 heteroatoms. The van der Waals surface area contributed by atoms with Crippen molar-refractivity contribution in [1.29, 1.82) is 0 Å². The molecule has 0 bridgehead atoms. The van der Waals surface area contributed by atoms with Crippen molar-refractivity contribution in [2.45, 2.75) is 295 Å². The second kappa shape index (κ2) is 41.1. The van der Waals surface area contributed by atoms with Crippen molar-refractivity contribution in [1.82, 2.24) is 0 Å². The molecule has 0 saturated heterocycles. The smallest absolute Gasteiger partial charge is 0.0522 e. The summed E-state index contributed by atoms with van der Waals surface area (Å²) in [6.07, 6.45) is 25.5. The molecule has 0 radical (unpaired) electrons. The summed E-state index contributed by atoms with van der Waals surface area (Å²) in [5.41, 5.74) is 2.73. The van der Waals surface area contributed by atoms with Crippen LogP contribution in [0.5, 0.6) is 0 Å². The molecule has 0 aromatic carbocycles. The number of hydrogen-bond donors (Lipinski definition) is 1. The van der Waals surface area contributed by atoms with Gasteiger partial charge in [-0.1, -0.05) is 160 Å². The van der Waals surface area contributed by atoms with Crippen LogP contribution in [0.1, 0.15) is 295 Å².